The smallest absolute Gasteiger partial charge is 0.0473 e. The van der Waals surface area contributed by atoms with Crippen LogP contribution in [0.1, 0.15) is 43.2 Å². The van der Waals surface area contributed by atoms with Crippen LogP contribution in [0.4, 0.5) is 34.1 Å². The number of anilines is 6. The van der Waals surface area contributed by atoms with Crippen molar-refractivity contribution in [1.82, 2.24) is 0 Å². The number of rotatable bonds is 11. The molecular weight excluding hydrogens is 893 g/mol. The van der Waals surface area contributed by atoms with Gasteiger partial charge in [0, 0.05) is 39.5 Å². The zero-order chi connectivity index (χ0) is 49.3. The fourth-order valence-electron chi connectivity index (χ4n) is 12.0. The number of hydrogen-bond acceptors (Lipinski definition) is 2. The average Bonchev–Trinajstić information content (AvgIpc) is 3.76. The molecule has 0 atom stereocenters. The van der Waals surface area contributed by atoms with Gasteiger partial charge in [0.05, 0.1) is 0 Å². The van der Waals surface area contributed by atoms with Gasteiger partial charge < -0.3 is 9.80 Å². The van der Waals surface area contributed by atoms with Crippen LogP contribution < -0.4 is 9.80 Å². The summed E-state index contributed by atoms with van der Waals surface area (Å²) in [6.07, 6.45) is 6.25. The minimum Gasteiger partial charge on any atom is -0.310 e. The summed E-state index contributed by atoms with van der Waals surface area (Å²) in [4.78, 5) is 4.85. The van der Waals surface area contributed by atoms with Crippen LogP contribution in [0.2, 0.25) is 0 Å². The maximum Gasteiger partial charge on any atom is 0.0473 e. The standard InChI is InChI=1S/C72H56N2/c1-6-18-52(19-7-1)56-28-36-62(37-29-56)73(66-44-45-69-68-26-14-15-27-70(68)72(71(69)51-66)46-16-5-17-47-72)63-38-32-58(33-39-63)59-34-42-65(43-35-59)74(64-40-30-57(31-41-64)53-20-8-2-9-21-53)67-49-60(54-22-10-3-11-23-54)48-61(50-67)55-24-12-4-13-25-55/h1-4,6-15,18-45,48-51H,5,16-17,46-47H2. The molecule has 0 saturated heterocycles. The first kappa shape index (κ1) is 44.9. The van der Waals surface area contributed by atoms with Crippen molar-refractivity contribution in [1.29, 1.82) is 0 Å². The third-order valence-electron chi connectivity index (χ3n) is 15.7. The van der Waals surface area contributed by atoms with Gasteiger partial charge in [-0.2, -0.15) is 0 Å². The Labute approximate surface area is 436 Å². The van der Waals surface area contributed by atoms with Crippen LogP contribution in [0.3, 0.4) is 0 Å². The molecule has 0 heterocycles. The second-order valence-corrected chi connectivity index (χ2v) is 20.0. The number of fused-ring (bicyclic) bond motifs is 5. The molecule has 0 N–H and O–H groups in total. The molecule has 2 heteroatoms. The van der Waals surface area contributed by atoms with Gasteiger partial charge in [-0.05, 0) is 170 Å². The lowest BCUT2D eigenvalue weighted by molar-refractivity contribution is 0.353. The maximum absolute atomic E-state index is 2.53. The Morgan fingerprint density at radius 3 is 0.959 bits per heavy atom. The molecule has 2 nitrogen and oxygen atoms in total. The number of benzene rings is 11. The Morgan fingerprint density at radius 2 is 0.541 bits per heavy atom. The monoisotopic (exact) mass is 948 g/mol. The molecule has 13 rings (SSSR count). The minimum absolute atomic E-state index is 0.0646. The summed E-state index contributed by atoms with van der Waals surface area (Å²) >= 11 is 0. The summed E-state index contributed by atoms with van der Waals surface area (Å²) in [6.45, 7) is 0. The summed E-state index contributed by atoms with van der Waals surface area (Å²) in [5.74, 6) is 0. The summed E-state index contributed by atoms with van der Waals surface area (Å²) < 4.78 is 0. The van der Waals surface area contributed by atoms with Crippen molar-refractivity contribution >= 4 is 34.1 Å². The molecule has 354 valence electrons. The van der Waals surface area contributed by atoms with Crippen molar-refractivity contribution in [2.24, 2.45) is 0 Å². The van der Waals surface area contributed by atoms with Crippen LogP contribution in [0.5, 0.6) is 0 Å². The van der Waals surface area contributed by atoms with E-state index >= 15 is 0 Å². The van der Waals surface area contributed by atoms with Crippen molar-refractivity contribution in [3.05, 3.63) is 290 Å². The fraction of sp³-hybridized carbons (Fsp3) is 0.0833. The molecule has 0 aromatic heterocycles. The molecular formula is C72H56N2. The Balaban J connectivity index is 0.877. The van der Waals surface area contributed by atoms with E-state index in [4.69, 9.17) is 0 Å². The Kier molecular flexibility index (Phi) is 11.9. The van der Waals surface area contributed by atoms with E-state index in [0.29, 0.717) is 0 Å². The molecule has 1 fully saturated rings. The van der Waals surface area contributed by atoms with Gasteiger partial charge in [-0.1, -0.05) is 219 Å². The molecule has 1 saturated carbocycles. The third-order valence-corrected chi connectivity index (χ3v) is 15.7. The topological polar surface area (TPSA) is 6.48 Å². The van der Waals surface area contributed by atoms with Crippen LogP contribution >= 0.6 is 0 Å². The molecule has 0 bridgehead atoms. The van der Waals surface area contributed by atoms with Gasteiger partial charge in [0.15, 0.2) is 0 Å². The van der Waals surface area contributed by atoms with Crippen LogP contribution in [0.15, 0.2) is 279 Å². The van der Waals surface area contributed by atoms with E-state index in [1.165, 1.54) is 110 Å². The number of hydrogen-bond donors (Lipinski definition) is 0. The SMILES string of the molecule is c1ccc(-c2ccc(N(c3ccc(-c4ccc(N(c5ccc(-c6ccccc6)cc5)c5ccc6c(c5)C5(CCCCC5)c5ccccc5-6)cc4)cc3)c3cc(-c4ccccc4)cc(-c4ccccc4)c3)cc2)cc1. The van der Waals surface area contributed by atoms with Crippen LogP contribution in [0.25, 0.3) is 66.8 Å². The fourth-order valence-corrected chi connectivity index (χ4v) is 12.0. The Morgan fingerprint density at radius 1 is 0.216 bits per heavy atom. The van der Waals surface area contributed by atoms with Gasteiger partial charge in [0.2, 0.25) is 0 Å². The zero-order valence-electron chi connectivity index (χ0n) is 41.5. The molecule has 11 aromatic rings. The molecule has 0 aliphatic heterocycles. The van der Waals surface area contributed by atoms with E-state index in [1.54, 1.807) is 0 Å². The number of nitrogens with zero attached hydrogens (tertiary/aromatic N) is 2. The lowest BCUT2D eigenvalue weighted by Crippen LogP contribution is -2.28. The van der Waals surface area contributed by atoms with Gasteiger partial charge in [0.1, 0.15) is 0 Å². The summed E-state index contributed by atoms with van der Waals surface area (Å²) in [7, 11) is 0. The first-order valence-electron chi connectivity index (χ1n) is 26.3. The zero-order valence-corrected chi connectivity index (χ0v) is 41.5. The van der Waals surface area contributed by atoms with Crippen molar-refractivity contribution in [2.75, 3.05) is 9.80 Å². The molecule has 2 aliphatic rings. The lowest BCUT2D eigenvalue weighted by Gasteiger charge is -2.36. The normalized spacial score (nSPS) is 13.2. The second kappa shape index (κ2) is 19.6. The molecule has 11 aromatic carbocycles. The highest BCUT2D eigenvalue weighted by Crippen LogP contribution is 2.57. The molecule has 0 unspecified atom stereocenters. The van der Waals surface area contributed by atoms with E-state index in [0.717, 1.165) is 34.0 Å². The highest BCUT2D eigenvalue weighted by atomic mass is 15.1. The first-order valence-corrected chi connectivity index (χ1v) is 26.3. The van der Waals surface area contributed by atoms with Crippen molar-refractivity contribution in [3.8, 4) is 66.8 Å². The average molecular weight is 949 g/mol. The summed E-state index contributed by atoms with van der Waals surface area (Å²) in [5, 5.41) is 0. The largest absolute Gasteiger partial charge is 0.310 e. The highest BCUT2D eigenvalue weighted by Gasteiger charge is 2.44. The molecule has 0 radical (unpaired) electrons. The van der Waals surface area contributed by atoms with Crippen molar-refractivity contribution < 1.29 is 0 Å². The molecule has 2 aliphatic carbocycles. The molecule has 1 spiro atoms. The van der Waals surface area contributed by atoms with Gasteiger partial charge in [0.25, 0.3) is 0 Å². The van der Waals surface area contributed by atoms with Crippen LogP contribution in [-0.4, -0.2) is 0 Å². The van der Waals surface area contributed by atoms with Gasteiger partial charge >= 0.3 is 0 Å². The minimum atomic E-state index is 0.0646. The summed E-state index contributed by atoms with van der Waals surface area (Å²) in [6, 6.07) is 103. The summed E-state index contributed by atoms with van der Waals surface area (Å²) in [5.41, 5.74) is 24.5. The van der Waals surface area contributed by atoms with Crippen molar-refractivity contribution in [3.63, 3.8) is 0 Å². The first-order chi connectivity index (χ1) is 36.6. The van der Waals surface area contributed by atoms with E-state index in [1.807, 2.05) is 0 Å². The molecule has 0 amide bonds. The van der Waals surface area contributed by atoms with E-state index in [-0.39, 0.29) is 5.41 Å². The van der Waals surface area contributed by atoms with Gasteiger partial charge in [-0.3, -0.25) is 0 Å². The quantitative estimate of drug-likeness (QED) is 0.127. The van der Waals surface area contributed by atoms with E-state index in [2.05, 4.69) is 289 Å². The highest BCUT2D eigenvalue weighted by molar-refractivity contribution is 5.89. The lowest BCUT2D eigenvalue weighted by atomic mass is 9.68. The molecule has 74 heavy (non-hydrogen) atoms. The predicted molar refractivity (Wildman–Crippen MR) is 312 cm³/mol. The van der Waals surface area contributed by atoms with Crippen LogP contribution in [0, 0.1) is 0 Å². The van der Waals surface area contributed by atoms with Gasteiger partial charge in [-0.25, -0.2) is 0 Å². The Bertz CT molecular complexity index is 3640. The van der Waals surface area contributed by atoms with E-state index in [9.17, 15) is 0 Å². The van der Waals surface area contributed by atoms with E-state index < -0.39 is 0 Å². The van der Waals surface area contributed by atoms with Crippen LogP contribution in [-0.2, 0) is 5.41 Å². The third kappa shape index (κ3) is 8.49. The second-order valence-electron chi connectivity index (χ2n) is 20.0. The van der Waals surface area contributed by atoms with Crippen molar-refractivity contribution in [2.45, 2.75) is 37.5 Å². The predicted octanol–water partition coefficient (Wildman–Crippen LogP) is 20.2. The maximum atomic E-state index is 2.53. The van der Waals surface area contributed by atoms with Gasteiger partial charge in [-0.15, -0.1) is 0 Å². The Hall–Kier alpha value is -8.98.